The highest BCUT2D eigenvalue weighted by molar-refractivity contribution is 6.47. The number of hydrogen-bond donors (Lipinski definition) is 0. The average molecular weight is 365 g/mol. The van der Waals surface area contributed by atoms with Crippen LogP contribution in [0, 0.1) is 0 Å². The van der Waals surface area contributed by atoms with Gasteiger partial charge in [0.1, 0.15) is 0 Å². The van der Waals surface area contributed by atoms with Gasteiger partial charge in [0.05, 0.1) is 11.1 Å². The molecule has 21 heavy (non-hydrogen) atoms. The lowest BCUT2D eigenvalue weighted by Crippen LogP contribution is -2.35. The first-order valence-corrected chi connectivity index (χ1v) is 5.58. The second-order valence-electron chi connectivity index (χ2n) is 3.80. The van der Waals surface area contributed by atoms with Crippen LogP contribution in [0.1, 0.15) is 16.7 Å². The normalized spacial score (nSPS) is 14.4. The second-order valence-corrected chi connectivity index (χ2v) is 5.03. The molecule has 0 N–H and O–H groups in total. The molecular weight excluding hydrogens is 362 g/mol. The molecule has 1 rings (SSSR count). The molecule has 0 amide bonds. The van der Waals surface area contributed by atoms with Gasteiger partial charge in [-0.3, -0.25) is 0 Å². The van der Waals surface area contributed by atoms with Gasteiger partial charge in [-0.2, -0.15) is 35.1 Å². The molecule has 0 aliphatic rings. The highest BCUT2D eigenvalue weighted by Crippen LogP contribution is 2.52. The maximum absolute atomic E-state index is 13.5. The molecule has 0 aromatic heterocycles. The molecule has 0 aliphatic heterocycles. The minimum Gasteiger partial charge on any atom is -0.201 e. The third-order valence-electron chi connectivity index (χ3n) is 2.35. The Morgan fingerprint density at radius 3 is 1.43 bits per heavy atom. The van der Waals surface area contributed by atoms with E-state index >= 15 is 0 Å². The molecule has 0 unspecified atom stereocenters. The van der Waals surface area contributed by atoms with E-state index in [1.807, 2.05) is 0 Å². The van der Waals surface area contributed by atoms with E-state index in [2.05, 4.69) is 23.2 Å². The molecule has 0 saturated carbocycles. The smallest absolute Gasteiger partial charge is 0.201 e. The zero-order chi connectivity index (χ0) is 16.9. The standard InChI is InChI=1S/C10H3Cl2F9/c11-10(12,21)7(13,14)4-2-1-3-5(8(15,16)17)6(4)9(18,19)20/h1-3H. The molecule has 11 heteroatoms. The van der Waals surface area contributed by atoms with E-state index in [-0.39, 0.29) is 18.2 Å². The summed E-state index contributed by atoms with van der Waals surface area (Å²) in [5, 5.41) is 0. The fourth-order valence-electron chi connectivity index (χ4n) is 1.51. The van der Waals surface area contributed by atoms with Gasteiger partial charge in [-0.15, -0.1) is 0 Å². The van der Waals surface area contributed by atoms with Gasteiger partial charge in [0.15, 0.2) is 0 Å². The van der Waals surface area contributed by atoms with Crippen LogP contribution in [0.15, 0.2) is 18.2 Å². The van der Waals surface area contributed by atoms with Crippen molar-refractivity contribution in [3.05, 3.63) is 34.9 Å². The van der Waals surface area contributed by atoms with Crippen molar-refractivity contribution < 1.29 is 39.5 Å². The summed E-state index contributed by atoms with van der Waals surface area (Å²) >= 11 is 8.90. The van der Waals surface area contributed by atoms with Crippen molar-refractivity contribution in [1.29, 1.82) is 0 Å². The average Bonchev–Trinajstić information content (AvgIpc) is 2.24. The van der Waals surface area contributed by atoms with Crippen molar-refractivity contribution in [2.24, 2.45) is 0 Å². The molecule has 0 heterocycles. The van der Waals surface area contributed by atoms with Gasteiger partial charge in [0.25, 0.3) is 0 Å². The molecular formula is C10H3Cl2F9. The summed E-state index contributed by atoms with van der Waals surface area (Å²) in [6, 6.07) is 0.169. The first kappa shape index (κ1) is 18.2. The van der Waals surface area contributed by atoms with E-state index in [9.17, 15) is 39.5 Å². The van der Waals surface area contributed by atoms with E-state index in [0.717, 1.165) is 0 Å². The zero-order valence-electron chi connectivity index (χ0n) is 9.39. The Morgan fingerprint density at radius 2 is 1.10 bits per heavy atom. The van der Waals surface area contributed by atoms with Crippen molar-refractivity contribution in [3.8, 4) is 0 Å². The van der Waals surface area contributed by atoms with Gasteiger partial charge in [-0.25, -0.2) is 4.39 Å². The van der Waals surface area contributed by atoms with Crippen LogP contribution in [0.5, 0.6) is 0 Å². The lowest BCUT2D eigenvalue weighted by Gasteiger charge is -2.27. The lowest BCUT2D eigenvalue weighted by atomic mass is 9.95. The number of alkyl halides is 11. The maximum Gasteiger partial charge on any atom is 0.417 e. The van der Waals surface area contributed by atoms with Gasteiger partial charge >= 0.3 is 22.9 Å². The van der Waals surface area contributed by atoms with E-state index in [0.29, 0.717) is 0 Å². The topological polar surface area (TPSA) is 0 Å². The number of hydrogen-bond acceptors (Lipinski definition) is 0. The Morgan fingerprint density at radius 1 is 0.667 bits per heavy atom. The van der Waals surface area contributed by atoms with Crippen LogP contribution in [0.4, 0.5) is 39.5 Å². The van der Waals surface area contributed by atoms with E-state index in [1.165, 1.54) is 0 Å². The maximum atomic E-state index is 13.5. The van der Waals surface area contributed by atoms with Crippen LogP contribution in [-0.2, 0) is 18.3 Å². The Hall–Kier alpha value is -0.830. The summed E-state index contributed by atoms with van der Waals surface area (Å²) in [6.07, 6.45) is -11.4. The second kappa shape index (κ2) is 5.12. The molecule has 0 aliphatic carbocycles. The first-order valence-electron chi connectivity index (χ1n) is 4.82. The van der Waals surface area contributed by atoms with Crippen molar-refractivity contribution in [1.82, 2.24) is 0 Å². The van der Waals surface area contributed by atoms with Crippen LogP contribution in [0.25, 0.3) is 0 Å². The van der Waals surface area contributed by atoms with E-state index in [1.54, 1.807) is 0 Å². The fraction of sp³-hybridized carbons (Fsp3) is 0.400. The Bertz CT molecular complexity index is 525. The van der Waals surface area contributed by atoms with Crippen LogP contribution in [0.2, 0.25) is 0 Å². The van der Waals surface area contributed by atoms with Crippen molar-refractivity contribution in [3.63, 3.8) is 0 Å². The van der Waals surface area contributed by atoms with E-state index in [4.69, 9.17) is 0 Å². The van der Waals surface area contributed by atoms with Crippen LogP contribution in [0.3, 0.4) is 0 Å². The van der Waals surface area contributed by atoms with Gasteiger partial charge in [-0.1, -0.05) is 35.3 Å². The summed E-state index contributed by atoms with van der Waals surface area (Å²) in [5.41, 5.74) is -7.45. The molecule has 1 aromatic carbocycles. The molecule has 1 aromatic rings. The third kappa shape index (κ3) is 3.50. The number of halogens is 11. The Balaban J connectivity index is 3.78. The van der Waals surface area contributed by atoms with Crippen LogP contribution >= 0.6 is 23.2 Å². The monoisotopic (exact) mass is 364 g/mol. The highest BCUT2D eigenvalue weighted by Gasteiger charge is 2.59. The SMILES string of the molecule is FC(F)(F)c1cccc(C(F)(F)C(F)(Cl)Cl)c1C(F)(F)F. The fourth-order valence-corrected chi connectivity index (χ4v) is 1.71. The van der Waals surface area contributed by atoms with Crippen molar-refractivity contribution in [2.75, 3.05) is 0 Å². The molecule has 0 radical (unpaired) electrons. The van der Waals surface area contributed by atoms with Gasteiger partial charge in [0.2, 0.25) is 0 Å². The molecule has 0 nitrogen and oxygen atoms in total. The van der Waals surface area contributed by atoms with Gasteiger partial charge in [0, 0.05) is 5.56 Å². The molecule has 0 atom stereocenters. The number of benzene rings is 1. The Kier molecular flexibility index (Phi) is 4.44. The minimum absolute atomic E-state index is 0.0306. The summed E-state index contributed by atoms with van der Waals surface area (Å²) in [6.45, 7) is 0. The zero-order valence-corrected chi connectivity index (χ0v) is 10.9. The highest BCUT2D eigenvalue weighted by atomic mass is 35.5. The van der Waals surface area contributed by atoms with Crippen molar-refractivity contribution in [2.45, 2.75) is 22.9 Å². The first-order chi connectivity index (χ1) is 9.10. The quantitative estimate of drug-likeness (QED) is 0.451. The lowest BCUT2D eigenvalue weighted by molar-refractivity contribution is -0.166. The van der Waals surface area contributed by atoms with Crippen LogP contribution in [-0.4, -0.2) is 4.59 Å². The summed E-state index contributed by atoms with van der Waals surface area (Å²) < 4.78 is 111. The molecule has 120 valence electrons. The summed E-state index contributed by atoms with van der Waals surface area (Å²) in [5.74, 6) is -5.22. The predicted octanol–water partition coefficient (Wildman–Crippen LogP) is 5.92. The van der Waals surface area contributed by atoms with Crippen LogP contribution < -0.4 is 0 Å². The molecule has 0 fully saturated rings. The van der Waals surface area contributed by atoms with E-state index < -0.39 is 39.6 Å². The Labute approximate surface area is 121 Å². The van der Waals surface area contributed by atoms with Gasteiger partial charge in [-0.05, 0) is 6.07 Å². The molecule has 0 bridgehead atoms. The molecule has 0 saturated heterocycles. The largest absolute Gasteiger partial charge is 0.417 e. The summed E-state index contributed by atoms with van der Waals surface area (Å²) in [7, 11) is 0. The minimum atomic E-state index is -5.83. The molecule has 0 spiro atoms. The van der Waals surface area contributed by atoms with Gasteiger partial charge < -0.3 is 0 Å². The summed E-state index contributed by atoms with van der Waals surface area (Å²) in [4.78, 5) is 0. The predicted molar refractivity (Wildman–Crippen MR) is 55.9 cm³/mol. The number of rotatable bonds is 2. The van der Waals surface area contributed by atoms with Crippen molar-refractivity contribution >= 4 is 23.2 Å². The third-order valence-corrected chi connectivity index (χ3v) is 2.82.